The van der Waals surface area contributed by atoms with Gasteiger partial charge in [-0.1, -0.05) is 39.8 Å². The smallest absolute Gasteiger partial charge is 0.201 e. The van der Waals surface area contributed by atoms with E-state index in [1.54, 1.807) is 21.6 Å². The van der Waals surface area contributed by atoms with Crippen molar-refractivity contribution in [1.82, 2.24) is 4.90 Å². The van der Waals surface area contributed by atoms with Gasteiger partial charge in [0, 0.05) is 17.2 Å². The number of aliphatic hydroxyl groups excluding tert-OH is 1. The zero-order valence-electron chi connectivity index (χ0n) is 12.7. The largest absolute Gasteiger partial charge is 0.480 e. The molecule has 0 radical (unpaired) electrons. The van der Waals surface area contributed by atoms with Crippen molar-refractivity contribution in [2.24, 2.45) is 4.99 Å². The molecule has 0 saturated carbocycles. The van der Waals surface area contributed by atoms with Gasteiger partial charge in [-0.25, -0.2) is 4.99 Å². The van der Waals surface area contributed by atoms with Gasteiger partial charge in [-0.05, 0) is 31.9 Å². The van der Waals surface area contributed by atoms with E-state index >= 15 is 0 Å². The molecule has 0 bridgehead atoms. The van der Waals surface area contributed by atoms with E-state index in [4.69, 9.17) is 9.73 Å². The van der Waals surface area contributed by atoms with Gasteiger partial charge in [-0.2, -0.15) is 0 Å². The van der Waals surface area contributed by atoms with Crippen molar-refractivity contribution in [3.05, 3.63) is 30.3 Å². The number of hydrogen-bond donors (Lipinski definition) is 1. The van der Waals surface area contributed by atoms with Crippen LogP contribution in [0.1, 0.15) is 19.8 Å². The molecule has 0 amide bonds. The Morgan fingerprint density at radius 1 is 1.36 bits per heavy atom. The fourth-order valence-electron chi connectivity index (χ4n) is 2.96. The average molecular weight is 338 g/mol. The molecule has 6 heteroatoms. The number of fused-ring (bicyclic) bond motifs is 1. The van der Waals surface area contributed by atoms with Crippen LogP contribution in [0.2, 0.25) is 0 Å². The maximum atomic E-state index is 10.6. The van der Waals surface area contributed by atoms with Gasteiger partial charge in [0.2, 0.25) is 5.90 Å². The molecule has 1 saturated heterocycles. The van der Waals surface area contributed by atoms with E-state index < -0.39 is 6.23 Å². The molecule has 2 heterocycles. The minimum Gasteiger partial charge on any atom is -0.480 e. The maximum absolute atomic E-state index is 10.6. The highest BCUT2D eigenvalue weighted by atomic mass is 33.1. The molecule has 0 aliphatic carbocycles. The Morgan fingerprint density at radius 2 is 2.18 bits per heavy atom. The summed E-state index contributed by atoms with van der Waals surface area (Å²) in [4.78, 5) is 8.07. The molecule has 3 rings (SSSR count). The summed E-state index contributed by atoms with van der Waals surface area (Å²) in [5, 5.41) is 10.6. The molecular weight excluding hydrogens is 316 g/mol. The van der Waals surface area contributed by atoms with Crippen molar-refractivity contribution in [3.63, 3.8) is 0 Å². The SMILES string of the molecule is CCOC1=N[C@@H](CSSc2ccccc2)[C@@H](O)N2CCC[C@H]12. The highest BCUT2D eigenvalue weighted by Crippen LogP contribution is 2.34. The van der Waals surface area contributed by atoms with Crippen molar-refractivity contribution in [3.8, 4) is 0 Å². The Hall–Kier alpha value is -0.690. The second-order valence-electron chi connectivity index (χ2n) is 5.46. The van der Waals surface area contributed by atoms with Gasteiger partial charge < -0.3 is 9.84 Å². The monoisotopic (exact) mass is 338 g/mol. The van der Waals surface area contributed by atoms with Gasteiger partial charge in [0.25, 0.3) is 0 Å². The van der Waals surface area contributed by atoms with Crippen LogP contribution in [-0.2, 0) is 4.74 Å². The Labute approximate surface area is 139 Å². The normalized spacial score (nSPS) is 28.3. The Morgan fingerprint density at radius 3 is 2.95 bits per heavy atom. The number of aliphatic imine (C=N–C) groups is 1. The number of hydrogen-bond acceptors (Lipinski definition) is 6. The highest BCUT2D eigenvalue weighted by molar-refractivity contribution is 8.76. The van der Waals surface area contributed by atoms with Crippen molar-refractivity contribution < 1.29 is 9.84 Å². The summed E-state index contributed by atoms with van der Waals surface area (Å²) >= 11 is 0. The second kappa shape index (κ2) is 7.73. The quantitative estimate of drug-likeness (QED) is 0.836. The second-order valence-corrected chi connectivity index (χ2v) is 7.87. The number of rotatable bonds is 5. The van der Waals surface area contributed by atoms with Gasteiger partial charge in [-0.3, -0.25) is 4.90 Å². The minimum absolute atomic E-state index is 0.114. The molecule has 0 aromatic heterocycles. The number of ether oxygens (including phenoxy) is 1. The Bertz CT molecular complexity index is 512. The molecular formula is C16H22N2O2S2. The minimum atomic E-state index is -0.486. The van der Waals surface area contributed by atoms with Gasteiger partial charge in [-0.15, -0.1) is 0 Å². The van der Waals surface area contributed by atoms with E-state index in [1.807, 2.05) is 25.1 Å². The summed E-state index contributed by atoms with van der Waals surface area (Å²) < 4.78 is 5.72. The molecule has 0 unspecified atom stereocenters. The summed E-state index contributed by atoms with van der Waals surface area (Å²) in [5.74, 6) is 1.60. The summed E-state index contributed by atoms with van der Waals surface area (Å²) in [6, 6.07) is 10.4. The van der Waals surface area contributed by atoms with Crippen LogP contribution in [0.4, 0.5) is 0 Å². The van der Waals surface area contributed by atoms with Gasteiger partial charge in [0.05, 0.1) is 12.6 Å². The lowest BCUT2D eigenvalue weighted by Crippen LogP contribution is -2.54. The summed E-state index contributed by atoms with van der Waals surface area (Å²) in [6.07, 6.45) is 1.65. The van der Waals surface area contributed by atoms with Crippen molar-refractivity contribution in [2.75, 3.05) is 18.9 Å². The zero-order chi connectivity index (χ0) is 15.4. The Balaban J connectivity index is 1.61. The van der Waals surface area contributed by atoms with E-state index in [0.717, 1.165) is 31.0 Å². The molecule has 2 aliphatic rings. The predicted octanol–water partition coefficient (Wildman–Crippen LogP) is 3.03. The van der Waals surface area contributed by atoms with Crippen LogP contribution in [0.5, 0.6) is 0 Å². The maximum Gasteiger partial charge on any atom is 0.201 e. The summed E-state index contributed by atoms with van der Waals surface area (Å²) in [7, 11) is 3.47. The lowest BCUT2D eigenvalue weighted by atomic mass is 10.1. The first-order chi connectivity index (χ1) is 10.8. The number of nitrogens with zero attached hydrogens (tertiary/aromatic N) is 2. The van der Waals surface area contributed by atoms with E-state index in [-0.39, 0.29) is 12.1 Å². The van der Waals surface area contributed by atoms with Crippen LogP contribution in [0.15, 0.2) is 40.2 Å². The molecule has 1 N–H and O–H groups in total. The fraction of sp³-hybridized carbons (Fsp3) is 0.562. The highest BCUT2D eigenvalue weighted by Gasteiger charge is 2.41. The van der Waals surface area contributed by atoms with Crippen LogP contribution < -0.4 is 0 Å². The zero-order valence-corrected chi connectivity index (χ0v) is 14.4. The molecule has 22 heavy (non-hydrogen) atoms. The number of aliphatic hydroxyl groups is 1. The van der Waals surface area contributed by atoms with Gasteiger partial charge in [0.15, 0.2) is 0 Å². The molecule has 1 fully saturated rings. The number of benzene rings is 1. The Kier molecular flexibility index (Phi) is 5.68. The lowest BCUT2D eigenvalue weighted by molar-refractivity contribution is -0.0186. The molecule has 120 valence electrons. The molecule has 0 spiro atoms. The van der Waals surface area contributed by atoms with E-state index in [0.29, 0.717) is 6.61 Å². The first-order valence-electron chi connectivity index (χ1n) is 7.78. The van der Waals surface area contributed by atoms with Crippen LogP contribution >= 0.6 is 21.6 Å². The topological polar surface area (TPSA) is 45.1 Å². The van der Waals surface area contributed by atoms with E-state index in [2.05, 4.69) is 17.0 Å². The van der Waals surface area contributed by atoms with Crippen LogP contribution in [0, 0.1) is 0 Å². The lowest BCUT2D eigenvalue weighted by Gasteiger charge is -2.37. The predicted molar refractivity (Wildman–Crippen MR) is 93.3 cm³/mol. The molecule has 1 aromatic rings. The summed E-state index contributed by atoms with van der Waals surface area (Å²) in [6.45, 7) is 3.56. The first kappa shape index (κ1) is 16.2. The molecule has 4 nitrogen and oxygen atoms in total. The van der Waals surface area contributed by atoms with Gasteiger partial charge in [0.1, 0.15) is 12.3 Å². The fourth-order valence-corrected chi connectivity index (χ4v) is 5.18. The average Bonchev–Trinajstić information content (AvgIpc) is 3.03. The molecule has 3 atom stereocenters. The van der Waals surface area contributed by atoms with Crippen LogP contribution in [0.25, 0.3) is 0 Å². The van der Waals surface area contributed by atoms with Crippen molar-refractivity contribution >= 4 is 27.5 Å². The van der Waals surface area contributed by atoms with E-state index in [9.17, 15) is 5.11 Å². The molecule has 1 aromatic carbocycles. The van der Waals surface area contributed by atoms with Crippen molar-refractivity contribution in [1.29, 1.82) is 0 Å². The van der Waals surface area contributed by atoms with Crippen LogP contribution in [0.3, 0.4) is 0 Å². The van der Waals surface area contributed by atoms with Crippen LogP contribution in [-0.4, -0.2) is 53.1 Å². The third kappa shape index (κ3) is 3.62. The van der Waals surface area contributed by atoms with Crippen molar-refractivity contribution in [2.45, 2.75) is 43.0 Å². The van der Waals surface area contributed by atoms with Gasteiger partial charge >= 0.3 is 0 Å². The summed E-state index contributed by atoms with van der Waals surface area (Å²) in [5.41, 5.74) is 0. The molecule has 2 aliphatic heterocycles. The third-order valence-electron chi connectivity index (χ3n) is 3.99. The first-order valence-corrected chi connectivity index (χ1v) is 10.1. The standard InChI is InChI=1S/C16H22N2O2S2/c1-2-20-15-14-9-6-10-18(14)16(19)13(17-15)11-21-22-12-7-4-3-5-8-12/h3-5,7-8,13-14,16,19H,2,6,9-11H2,1H3/t13-,14+,16+/m0/s1. The van der Waals surface area contributed by atoms with E-state index in [1.165, 1.54) is 4.90 Å². The third-order valence-corrected chi connectivity index (χ3v) is 6.38.